The number of aliphatic hydroxyl groups excluding tert-OH is 1. The number of nitrogens with zero attached hydrogens (tertiary/aromatic N) is 2. The van der Waals surface area contributed by atoms with Gasteiger partial charge in [0.05, 0.1) is 18.3 Å². The summed E-state index contributed by atoms with van der Waals surface area (Å²) in [4.78, 5) is 6.64. The van der Waals surface area contributed by atoms with Crippen molar-refractivity contribution in [2.75, 3.05) is 24.5 Å². The van der Waals surface area contributed by atoms with Crippen molar-refractivity contribution in [3.8, 4) is 0 Å². The van der Waals surface area contributed by atoms with Crippen molar-refractivity contribution in [2.24, 2.45) is 4.99 Å². The highest BCUT2D eigenvalue weighted by molar-refractivity contribution is 14.0. The van der Waals surface area contributed by atoms with Crippen LogP contribution in [0.15, 0.2) is 47.5 Å². The number of piperidine rings is 1. The number of hydrogen-bond donors (Lipinski definition) is 3. The van der Waals surface area contributed by atoms with Crippen LogP contribution in [0.2, 0.25) is 0 Å². The standard InChI is InChI=1S/C23H31FN4O.HI/c1-3-25-23(26-15-18-6-4-5-17(2)13-18)27-16-19-7-8-22(21(24)14-19)28-11-9-20(29)10-12-28;/h4-8,13-14,20,29H,3,9-12,15-16H2,1-2H3,(H2,25,26,27);1H. The van der Waals surface area contributed by atoms with Gasteiger partial charge < -0.3 is 20.6 Å². The molecule has 7 heteroatoms. The molecule has 3 N–H and O–H groups in total. The number of guanidine groups is 1. The van der Waals surface area contributed by atoms with Crippen molar-refractivity contribution in [3.63, 3.8) is 0 Å². The van der Waals surface area contributed by atoms with E-state index in [0.717, 1.165) is 17.7 Å². The van der Waals surface area contributed by atoms with E-state index in [-0.39, 0.29) is 35.9 Å². The Balaban J connectivity index is 0.00000320. The molecular formula is C23H32FIN4O. The van der Waals surface area contributed by atoms with Gasteiger partial charge in [0.2, 0.25) is 0 Å². The third kappa shape index (κ3) is 7.12. The normalized spacial score (nSPS) is 14.9. The minimum Gasteiger partial charge on any atom is -0.393 e. The van der Waals surface area contributed by atoms with Crippen LogP contribution in [0.25, 0.3) is 0 Å². The number of rotatable bonds is 6. The Labute approximate surface area is 195 Å². The number of aliphatic imine (C=N–C) groups is 1. The summed E-state index contributed by atoms with van der Waals surface area (Å²) in [7, 11) is 0. The maximum absolute atomic E-state index is 14.6. The Kier molecular flexibility index (Phi) is 9.84. The molecule has 0 aliphatic carbocycles. The average molecular weight is 526 g/mol. The van der Waals surface area contributed by atoms with Gasteiger partial charge in [-0.2, -0.15) is 0 Å². The van der Waals surface area contributed by atoms with Crippen LogP contribution < -0.4 is 15.5 Å². The summed E-state index contributed by atoms with van der Waals surface area (Å²) in [5.41, 5.74) is 3.85. The second-order valence-electron chi connectivity index (χ2n) is 7.54. The number of hydrogen-bond acceptors (Lipinski definition) is 3. The summed E-state index contributed by atoms with van der Waals surface area (Å²) in [6, 6.07) is 13.7. The second-order valence-corrected chi connectivity index (χ2v) is 7.54. The molecule has 1 saturated heterocycles. The Bertz CT molecular complexity index is 838. The van der Waals surface area contributed by atoms with E-state index in [1.54, 1.807) is 6.07 Å². The molecule has 0 saturated carbocycles. The van der Waals surface area contributed by atoms with E-state index in [4.69, 9.17) is 0 Å². The fourth-order valence-corrected chi connectivity index (χ4v) is 3.53. The molecular weight excluding hydrogens is 494 g/mol. The smallest absolute Gasteiger partial charge is 0.191 e. The Hall–Kier alpha value is -1.87. The molecule has 164 valence electrons. The predicted molar refractivity (Wildman–Crippen MR) is 132 cm³/mol. The van der Waals surface area contributed by atoms with E-state index in [2.05, 4.69) is 40.7 Å². The largest absolute Gasteiger partial charge is 0.393 e. The number of anilines is 1. The van der Waals surface area contributed by atoms with Crippen molar-refractivity contribution in [1.29, 1.82) is 0 Å². The minimum atomic E-state index is -0.263. The molecule has 1 aliphatic rings. The molecule has 1 fully saturated rings. The Morgan fingerprint density at radius 3 is 2.57 bits per heavy atom. The third-order valence-electron chi connectivity index (χ3n) is 5.12. The van der Waals surface area contributed by atoms with Crippen LogP contribution in [-0.2, 0) is 13.1 Å². The highest BCUT2D eigenvalue weighted by Crippen LogP contribution is 2.24. The van der Waals surface area contributed by atoms with Crippen LogP contribution in [0.5, 0.6) is 0 Å². The zero-order chi connectivity index (χ0) is 20.6. The quantitative estimate of drug-likeness (QED) is 0.303. The number of benzene rings is 2. The number of aliphatic hydroxyl groups is 1. The van der Waals surface area contributed by atoms with Crippen LogP contribution in [-0.4, -0.2) is 36.8 Å². The second kappa shape index (κ2) is 12.1. The summed E-state index contributed by atoms with van der Waals surface area (Å²) in [6.45, 7) is 7.31. The van der Waals surface area contributed by atoms with Gasteiger partial charge in [-0.1, -0.05) is 35.9 Å². The number of nitrogens with one attached hydrogen (secondary N) is 2. The average Bonchev–Trinajstić information content (AvgIpc) is 2.71. The minimum absolute atomic E-state index is 0. The van der Waals surface area contributed by atoms with Crippen molar-refractivity contribution < 1.29 is 9.50 Å². The molecule has 0 bridgehead atoms. The Morgan fingerprint density at radius 2 is 1.90 bits per heavy atom. The molecule has 0 spiro atoms. The van der Waals surface area contributed by atoms with Gasteiger partial charge in [0.25, 0.3) is 0 Å². The lowest BCUT2D eigenvalue weighted by atomic mass is 10.1. The first-order valence-electron chi connectivity index (χ1n) is 10.3. The van der Waals surface area contributed by atoms with Gasteiger partial charge in [0, 0.05) is 26.2 Å². The highest BCUT2D eigenvalue weighted by Gasteiger charge is 2.19. The fourth-order valence-electron chi connectivity index (χ4n) is 3.53. The summed E-state index contributed by atoms with van der Waals surface area (Å²) < 4.78 is 14.6. The van der Waals surface area contributed by atoms with Crippen molar-refractivity contribution in [2.45, 2.75) is 45.9 Å². The van der Waals surface area contributed by atoms with Crippen LogP contribution in [0, 0.1) is 12.7 Å². The molecule has 0 atom stereocenters. The first-order valence-corrected chi connectivity index (χ1v) is 10.3. The van der Waals surface area contributed by atoms with Gasteiger partial charge in [-0.3, -0.25) is 0 Å². The first-order chi connectivity index (χ1) is 14.0. The van der Waals surface area contributed by atoms with Crippen LogP contribution in [0.3, 0.4) is 0 Å². The zero-order valence-corrected chi connectivity index (χ0v) is 20.0. The molecule has 0 aromatic heterocycles. The summed E-state index contributed by atoms with van der Waals surface area (Å²) >= 11 is 0. The molecule has 0 amide bonds. The monoisotopic (exact) mass is 526 g/mol. The summed E-state index contributed by atoms with van der Waals surface area (Å²) in [5, 5.41) is 16.1. The molecule has 2 aromatic carbocycles. The molecule has 5 nitrogen and oxygen atoms in total. The van der Waals surface area contributed by atoms with Gasteiger partial charge >= 0.3 is 0 Å². The van der Waals surface area contributed by atoms with Gasteiger partial charge in [-0.25, -0.2) is 9.38 Å². The molecule has 3 rings (SSSR count). The summed E-state index contributed by atoms with van der Waals surface area (Å²) in [5.74, 6) is 0.492. The van der Waals surface area contributed by atoms with Crippen molar-refractivity contribution in [3.05, 3.63) is 65.0 Å². The lowest BCUT2D eigenvalue weighted by molar-refractivity contribution is 0.145. The maximum atomic E-state index is 14.6. The maximum Gasteiger partial charge on any atom is 0.191 e. The van der Waals surface area contributed by atoms with E-state index in [9.17, 15) is 9.50 Å². The predicted octanol–water partition coefficient (Wildman–Crippen LogP) is 3.97. The molecule has 30 heavy (non-hydrogen) atoms. The highest BCUT2D eigenvalue weighted by atomic mass is 127. The van der Waals surface area contributed by atoms with Crippen LogP contribution in [0.1, 0.15) is 36.5 Å². The van der Waals surface area contributed by atoms with Gasteiger partial charge in [-0.05, 0) is 49.9 Å². The molecule has 2 aromatic rings. The third-order valence-corrected chi connectivity index (χ3v) is 5.12. The van der Waals surface area contributed by atoms with E-state index in [1.807, 2.05) is 30.0 Å². The molecule has 0 radical (unpaired) electrons. The lowest BCUT2D eigenvalue weighted by Gasteiger charge is -2.31. The zero-order valence-electron chi connectivity index (χ0n) is 17.7. The topological polar surface area (TPSA) is 59.9 Å². The number of halogens is 2. The number of aryl methyl sites for hydroxylation is 1. The first kappa shape index (κ1) is 24.4. The van der Waals surface area contributed by atoms with E-state index < -0.39 is 0 Å². The lowest BCUT2D eigenvalue weighted by Crippen LogP contribution is -2.37. The van der Waals surface area contributed by atoms with Crippen LogP contribution >= 0.6 is 24.0 Å². The van der Waals surface area contributed by atoms with Gasteiger partial charge in [-0.15, -0.1) is 24.0 Å². The fraction of sp³-hybridized carbons (Fsp3) is 0.435. The van der Waals surface area contributed by atoms with Crippen molar-refractivity contribution in [1.82, 2.24) is 10.6 Å². The molecule has 1 heterocycles. The van der Waals surface area contributed by atoms with Gasteiger partial charge in [0.1, 0.15) is 5.82 Å². The van der Waals surface area contributed by atoms with E-state index in [1.165, 1.54) is 5.56 Å². The summed E-state index contributed by atoms with van der Waals surface area (Å²) in [6.07, 6.45) is 1.11. The van der Waals surface area contributed by atoms with E-state index in [0.29, 0.717) is 50.7 Å². The van der Waals surface area contributed by atoms with Crippen molar-refractivity contribution >= 4 is 35.6 Å². The SMILES string of the molecule is CCNC(=NCc1cccc(C)c1)NCc1ccc(N2CCC(O)CC2)c(F)c1.I. The molecule has 1 aliphatic heterocycles. The molecule has 0 unspecified atom stereocenters. The van der Waals surface area contributed by atoms with E-state index >= 15 is 0 Å². The van der Waals surface area contributed by atoms with Crippen LogP contribution in [0.4, 0.5) is 10.1 Å². The Morgan fingerprint density at radius 1 is 1.13 bits per heavy atom. The van der Waals surface area contributed by atoms with Gasteiger partial charge in [0.15, 0.2) is 5.96 Å².